The Hall–Kier alpha value is -0.870. The molecule has 0 aliphatic heterocycles. The van der Waals surface area contributed by atoms with Gasteiger partial charge in [-0.1, -0.05) is 41.1 Å². The highest BCUT2D eigenvalue weighted by Gasteiger charge is 2.15. The van der Waals surface area contributed by atoms with Crippen LogP contribution >= 0.6 is 15.9 Å². The van der Waals surface area contributed by atoms with Gasteiger partial charge in [-0.15, -0.1) is 0 Å². The summed E-state index contributed by atoms with van der Waals surface area (Å²) < 4.78 is 0.993. The van der Waals surface area contributed by atoms with Crippen molar-refractivity contribution in [2.75, 3.05) is 0 Å². The molecule has 0 aliphatic carbocycles. The summed E-state index contributed by atoms with van der Waals surface area (Å²) in [4.78, 5) is 11.6. The van der Waals surface area contributed by atoms with E-state index in [9.17, 15) is 4.79 Å². The highest BCUT2D eigenvalue weighted by Crippen LogP contribution is 2.22. The van der Waals surface area contributed by atoms with E-state index in [1.165, 1.54) is 0 Å². The summed E-state index contributed by atoms with van der Waals surface area (Å²) in [7, 11) is 0. The first-order valence-electron chi connectivity index (χ1n) is 5.36. The van der Waals surface area contributed by atoms with Crippen LogP contribution in [0.2, 0.25) is 0 Å². The Morgan fingerprint density at radius 2 is 2.12 bits per heavy atom. The smallest absolute Gasteiger partial charge is 0.237 e. The number of hydrogen-bond donors (Lipinski definition) is 2. The predicted molar refractivity (Wildman–Crippen MR) is 69.0 cm³/mol. The zero-order valence-corrected chi connectivity index (χ0v) is 11.1. The van der Waals surface area contributed by atoms with Gasteiger partial charge < -0.3 is 11.1 Å². The van der Waals surface area contributed by atoms with E-state index in [0.29, 0.717) is 6.42 Å². The molecule has 1 amide bonds. The third-order valence-electron chi connectivity index (χ3n) is 2.51. The quantitative estimate of drug-likeness (QED) is 0.892. The Morgan fingerprint density at radius 3 is 2.69 bits per heavy atom. The van der Waals surface area contributed by atoms with Gasteiger partial charge in [0, 0.05) is 4.47 Å². The molecule has 3 nitrogen and oxygen atoms in total. The number of benzene rings is 1. The number of carbonyl (C=O) groups is 1. The molecule has 1 aromatic rings. The van der Waals surface area contributed by atoms with Crippen LogP contribution in [0.4, 0.5) is 0 Å². The fourth-order valence-corrected chi connectivity index (χ4v) is 2.04. The second-order valence-electron chi connectivity index (χ2n) is 3.77. The summed E-state index contributed by atoms with van der Waals surface area (Å²) in [5.41, 5.74) is 6.71. The molecule has 2 atom stereocenters. The largest absolute Gasteiger partial charge is 0.348 e. The van der Waals surface area contributed by atoms with E-state index in [4.69, 9.17) is 5.73 Å². The average molecular weight is 285 g/mol. The molecule has 0 radical (unpaired) electrons. The fraction of sp³-hybridized carbons (Fsp3) is 0.417. The van der Waals surface area contributed by atoms with Gasteiger partial charge in [0.15, 0.2) is 0 Å². The minimum Gasteiger partial charge on any atom is -0.348 e. The lowest BCUT2D eigenvalue weighted by Gasteiger charge is -2.18. The standard InChI is InChI=1S/C12H17BrN2O/c1-3-11(14)12(16)15-8(2)9-6-4-5-7-10(9)13/h4-8,11H,3,14H2,1-2H3,(H,15,16). The summed E-state index contributed by atoms with van der Waals surface area (Å²) in [6, 6.07) is 7.36. The van der Waals surface area contributed by atoms with Gasteiger partial charge in [-0.05, 0) is 25.0 Å². The van der Waals surface area contributed by atoms with Gasteiger partial charge in [0.05, 0.1) is 12.1 Å². The fourth-order valence-electron chi connectivity index (χ4n) is 1.41. The van der Waals surface area contributed by atoms with E-state index in [0.717, 1.165) is 10.0 Å². The lowest BCUT2D eigenvalue weighted by Crippen LogP contribution is -2.41. The van der Waals surface area contributed by atoms with Gasteiger partial charge in [-0.25, -0.2) is 0 Å². The van der Waals surface area contributed by atoms with Crippen molar-refractivity contribution in [1.29, 1.82) is 0 Å². The summed E-state index contributed by atoms with van der Waals surface area (Å²) >= 11 is 3.46. The van der Waals surface area contributed by atoms with Gasteiger partial charge >= 0.3 is 0 Å². The molecule has 0 aliphatic rings. The van der Waals surface area contributed by atoms with Crippen molar-refractivity contribution in [3.8, 4) is 0 Å². The highest BCUT2D eigenvalue weighted by atomic mass is 79.9. The first-order valence-corrected chi connectivity index (χ1v) is 6.16. The maximum atomic E-state index is 11.6. The Morgan fingerprint density at radius 1 is 1.50 bits per heavy atom. The lowest BCUT2D eigenvalue weighted by atomic mass is 10.1. The minimum atomic E-state index is -0.426. The lowest BCUT2D eigenvalue weighted by molar-refractivity contribution is -0.123. The van der Waals surface area contributed by atoms with Gasteiger partial charge in [-0.2, -0.15) is 0 Å². The molecule has 0 saturated heterocycles. The number of carbonyl (C=O) groups excluding carboxylic acids is 1. The van der Waals surface area contributed by atoms with Crippen molar-refractivity contribution >= 4 is 21.8 Å². The molecule has 0 bridgehead atoms. The van der Waals surface area contributed by atoms with Crippen molar-refractivity contribution < 1.29 is 4.79 Å². The molecule has 0 heterocycles. The second kappa shape index (κ2) is 6.01. The van der Waals surface area contributed by atoms with E-state index in [-0.39, 0.29) is 11.9 Å². The number of nitrogens with one attached hydrogen (secondary N) is 1. The number of halogens is 1. The number of rotatable bonds is 4. The van der Waals surface area contributed by atoms with Gasteiger partial charge in [0.25, 0.3) is 0 Å². The third-order valence-corrected chi connectivity index (χ3v) is 3.23. The zero-order chi connectivity index (χ0) is 12.1. The topological polar surface area (TPSA) is 55.1 Å². The van der Waals surface area contributed by atoms with Crippen LogP contribution < -0.4 is 11.1 Å². The molecule has 4 heteroatoms. The highest BCUT2D eigenvalue weighted by molar-refractivity contribution is 9.10. The minimum absolute atomic E-state index is 0.0410. The maximum absolute atomic E-state index is 11.6. The molecule has 3 N–H and O–H groups in total. The molecule has 0 aromatic heterocycles. The van der Waals surface area contributed by atoms with Crippen molar-refractivity contribution in [1.82, 2.24) is 5.32 Å². The molecule has 1 rings (SSSR count). The first-order chi connectivity index (χ1) is 7.56. The normalized spacial score (nSPS) is 14.2. The molecule has 88 valence electrons. The molecule has 0 saturated carbocycles. The Labute approximate surface area is 105 Å². The molecule has 16 heavy (non-hydrogen) atoms. The van der Waals surface area contributed by atoms with E-state index < -0.39 is 6.04 Å². The van der Waals surface area contributed by atoms with E-state index in [1.54, 1.807) is 0 Å². The van der Waals surface area contributed by atoms with Crippen LogP contribution in [0.3, 0.4) is 0 Å². The van der Waals surface area contributed by atoms with Crippen molar-refractivity contribution in [2.45, 2.75) is 32.4 Å². The second-order valence-corrected chi connectivity index (χ2v) is 4.62. The average Bonchev–Trinajstić information content (AvgIpc) is 2.28. The van der Waals surface area contributed by atoms with Gasteiger partial charge in [0.1, 0.15) is 0 Å². The molecule has 2 unspecified atom stereocenters. The maximum Gasteiger partial charge on any atom is 0.237 e. The monoisotopic (exact) mass is 284 g/mol. The predicted octanol–water partition coefficient (Wildman–Crippen LogP) is 2.36. The summed E-state index contributed by atoms with van der Waals surface area (Å²) in [6.07, 6.45) is 0.647. The summed E-state index contributed by atoms with van der Waals surface area (Å²) in [6.45, 7) is 3.84. The number of hydrogen-bond acceptors (Lipinski definition) is 2. The first kappa shape index (κ1) is 13.2. The van der Waals surface area contributed by atoms with Crippen molar-refractivity contribution in [3.05, 3.63) is 34.3 Å². The zero-order valence-electron chi connectivity index (χ0n) is 9.53. The van der Waals surface area contributed by atoms with Crippen molar-refractivity contribution in [3.63, 3.8) is 0 Å². The van der Waals surface area contributed by atoms with Crippen LogP contribution in [-0.2, 0) is 4.79 Å². The Kier molecular flexibility index (Phi) is 4.96. The van der Waals surface area contributed by atoms with E-state index in [1.807, 2.05) is 38.1 Å². The van der Waals surface area contributed by atoms with E-state index >= 15 is 0 Å². The van der Waals surface area contributed by atoms with Crippen LogP contribution in [-0.4, -0.2) is 11.9 Å². The van der Waals surface area contributed by atoms with Crippen LogP contribution in [0.5, 0.6) is 0 Å². The molecule has 0 fully saturated rings. The third kappa shape index (κ3) is 3.32. The molecule has 1 aromatic carbocycles. The van der Waals surface area contributed by atoms with Gasteiger partial charge in [0.2, 0.25) is 5.91 Å². The Bertz CT molecular complexity index is 368. The molecular weight excluding hydrogens is 268 g/mol. The number of nitrogens with two attached hydrogens (primary N) is 1. The van der Waals surface area contributed by atoms with Crippen LogP contribution in [0.1, 0.15) is 31.9 Å². The number of amides is 1. The van der Waals surface area contributed by atoms with Crippen LogP contribution in [0, 0.1) is 0 Å². The van der Waals surface area contributed by atoms with Crippen LogP contribution in [0.15, 0.2) is 28.7 Å². The molecule has 0 spiro atoms. The van der Waals surface area contributed by atoms with Crippen LogP contribution in [0.25, 0.3) is 0 Å². The summed E-state index contributed by atoms with van der Waals surface area (Å²) in [5.74, 6) is -0.106. The van der Waals surface area contributed by atoms with E-state index in [2.05, 4.69) is 21.2 Å². The summed E-state index contributed by atoms with van der Waals surface area (Å²) in [5, 5.41) is 2.89. The Balaban J connectivity index is 2.69. The van der Waals surface area contributed by atoms with Crippen molar-refractivity contribution in [2.24, 2.45) is 5.73 Å². The SMILES string of the molecule is CCC(N)C(=O)NC(C)c1ccccc1Br. The van der Waals surface area contributed by atoms with Gasteiger partial charge in [-0.3, -0.25) is 4.79 Å². The molecular formula is C12H17BrN2O.